The largest absolute Gasteiger partial charge is 0.294 e. The van der Waals surface area contributed by atoms with Crippen LogP contribution in [-0.4, -0.2) is 17.6 Å². The van der Waals surface area contributed by atoms with Gasteiger partial charge >= 0.3 is 0 Å². The van der Waals surface area contributed by atoms with E-state index in [9.17, 15) is 14.4 Å². The molecule has 24 heavy (non-hydrogen) atoms. The second-order valence-corrected chi connectivity index (χ2v) is 7.03. The van der Waals surface area contributed by atoms with Gasteiger partial charge in [-0.2, -0.15) is 0 Å². The monoisotopic (exact) mass is 344 g/mol. The van der Waals surface area contributed by atoms with Gasteiger partial charge in [0.1, 0.15) is 0 Å². The summed E-state index contributed by atoms with van der Waals surface area (Å²) in [5, 5.41) is 0. The second-order valence-electron chi connectivity index (χ2n) is 5.57. The van der Waals surface area contributed by atoms with Gasteiger partial charge in [-0.25, -0.2) is 0 Å². The standard InChI is InChI=1S/C18H20N2O3S/c1-11-6-4-5-7-14(11)18(23)20-19-17(22)9-8-16(21)15-10-12(2)24-13(15)3/h4-7,10H,8-9H2,1-3H3,(H,19,22)(H,20,23). The van der Waals surface area contributed by atoms with Crippen LogP contribution < -0.4 is 10.9 Å². The van der Waals surface area contributed by atoms with Crippen LogP contribution in [0, 0.1) is 20.8 Å². The summed E-state index contributed by atoms with van der Waals surface area (Å²) in [6, 6.07) is 8.95. The van der Waals surface area contributed by atoms with E-state index in [1.54, 1.807) is 23.5 Å². The summed E-state index contributed by atoms with van der Waals surface area (Å²) < 4.78 is 0. The van der Waals surface area contributed by atoms with Crippen molar-refractivity contribution in [3.05, 3.63) is 56.8 Å². The zero-order chi connectivity index (χ0) is 17.7. The number of rotatable bonds is 5. The highest BCUT2D eigenvalue weighted by Gasteiger charge is 2.14. The first-order chi connectivity index (χ1) is 11.4. The van der Waals surface area contributed by atoms with Crippen LogP contribution in [0.2, 0.25) is 0 Å². The summed E-state index contributed by atoms with van der Waals surface area (Å²) >= 11 is 1.57. The van der Waals surface area contributed by atoms with Crippen molar-refractivity contribution in [2.24, 2.45) is 0 Å². The van der Waals surface area contributed by atoms with Gasteiger partial charge in [0.15, 0.2) is 5.78 Å². The molecule has 2 N–H and O–H groups in total. The van der Waals surface area contributed by atoms with Crippen molar-refractivity contribution in [3.8, 4) is 0 Å². The lowest BCUT2D eigenvalue weighted by atomic mass is 10.1. The maximum Gasteiger partial charge on any atom is 0.269 e. The van der Waals surface area contributed by atoms with E-state index < -0.39 is 5.91 Å². The number of aryl methyl sites for hydroxylation is 3. The number of benzene rings is 1. The molecule has 0 fully saturated rings. The molecule has 0 aliphatic heterocycles. The minimum Gasteiger partial charge on any atom is -0.294 e. The smallest absolute Gasteiger partial charge is 0.269 e. The molecule has 0 saturated carbocycles. The van der Waals surface area contributed by atoms with E-state index in [-0.39, 0.29) is 24.5 Å². The second kappa shape index (κ2) is 7.88. The van der Waals surface area contributed by atoms with E-state index in [0.717, 1.165) is 15.3 Å². The van der Waals surface area contributed by atoms with Crippen LogP contribution in [0.5, 0.6) is 0 Å². The van der Waals surface area contributed by atoms with Crippen molar-refractivity contribution < 1.29 is 14.4 Å². The minimum atomic E-state index is -0.394. The molecular formula is C18H20N2O3S. The highest BCUT2D eigenvalue weighted by Crippen LogP contribution is 2.22. The maximum absolute atomic E-state index is 12.1. The third-order valence-electron chi connectivity index (χ3n) is 3.63. The normalized spacial score (nSPS) is 10.3. The summed E-state index contributed by atoms with van der Waals surface area (Å²) in [5.41, 5.74) is 6.71. The quantitative estimate of drug-likeness (QED) is 0.646. The lowest BCUT2D eigenvalue weighted by Gasteiger charge is -2.08. The van der Waals surface area contributed by atoms with Crippen LogP contribution in [0.3, 0.4) is 0 Å². The number of hydrogen-bond donors (Lipinski definition) is 2. The van der Waals surface area contributed by atoms with Crippen LogP contribution in [-0.2, 0) is 4.79 Å². The Kier molecular flexibility index (Phi) is 5.87. The number of carbonyl (C=O) groups excluding carboxylic acids is 3. The Bertz CT molecular complexity index is 780. The molecule has 0 bridgehead atoms. The van der Waals surface area contributed by atoms with E-state index in [0.29, 0.717) is 11.1 Å². The molecular weight excluding hydrogens is 324 g/mol. The zero-order valence-corrected chi connectivity index (χ0v) is 14.8. The molecule has 0 spiro atoms. The Balaban J connectivity index is 1.81. The van der Waals surface area contributed by atoms with Gasteiger partial charge in [-0.05, 0) is 38.5 Å². The Hall–Kier alpha value is -2.47. The predicted octanol–water partition coefficient (Wildman–Crippen LogP) is 3.10. The fourth-order valence-electron chi connectivity index (χ4n) is 2.35. The van der Waals surface area contributed by atoms with Gasteiger partial charge in [0, 0.05) is 33.7 Å². The predicted molar refractivity (Wildman–Crippen MR) is 94.1 cm³/mol. The maximum atomic E-state index is 12.1. The molecule has 1 aromatic carbocycles. The molecule has 1 heterocycles. The van der Waals surface area contributed by atoms with Crippen molar-refractivity contribution in [1.82, 2.24) is 10.9 Å². The van der Waals surface area contributed by atoms with Crippen molar-refractivity contribution in [3.63, 3.8) is 0 Å². The number of amides is 2. The van der Waals surface area contributed by atoms with E-state index in [1.807, 2.05) is 39.0 Å². The van der Waals surface area contributed by atoms with Crippen molar-refractivity contribution >= 4 is 28.9 Å². The molecule has 2 aromatic rings. The van der Waals surface area contributed by atoms with Crippen molar-refractivity contribution in [1.29, 1.82) is 0 Å². The topological polar surface area (TPSA) is 75.3 Å². The van der Waals surface area contributed by atoms with Gasteiger partial charge in [-0.15, -0.1) is 11.3 Å². The molecule has 126 valence electrons. The van der Waals surface area contributed by atoms with Gasteiger partial charge in [0.2, 0.25) is 5.91 Å². The Morgan fingerprint density at radius 2 is 1.67 bits per heavy atom. The lowest BCUT2D eigenvalue weighted by molar-refractivity contribution is -0.121. The van der Waals surface area contributed by atoms with E-state index in [4.69, 9.17) is 0 Å². The van der Waals surface area contributed by atoms with Gasteiger partial charge in [0.25, 0.3) is 5.91 Å². The average Bonchev–Trinajstić information content (AvgIpc) is 2.89. The number of thiophene rings is 1. The van der Waals surface area contributed by atoms with Gasteiger partial charge in [0.05, 0.1) is 0 Å². The summed E-state index contributed by atoms with van der Waals surface area (Å²) in [6.07, 6.45) is 0.143. The van der Waals surface area contributed by atoms with Gasteiger partial charge < -0.3 is 0 Å². The molecule has 6 heteroatoms. The number of carbonyl (C=O) groups is 3. The summed E-state index contributed by atoms with van der Waals surface area (Å²) in [5.74, 6) is -0.829. The van der Waals surface area contributed by atoms with Crippen molar-refractivity contribution in [2.75, 3.05) is 0 Å². The van der Waals surface area contributed by atoms with E-state index >= 15 is 0 Å². The first-order valence-electron chi connectivity index (χ1n) is 7.63. The molecule has 0 aliphatic carbocycles. The third-order valence-corrected chi connectivity index (χ3v) is 4.59. The first kappa shape index (κ1) is 17.9. The lowest BCUT2D eigenvalue weighted by Crippen LogP contribution is -2.41. The fourth-order valence-corrected chi connectivity index (χ4v) is 3.30. The van der Waals surface area contributed by atoms with Crippen LogP contribution in [0.25, 0.3) is 0 Å². The number of nitrogens with one attached hydrogen (secondary N) is 2. The third kappa shape index (κ3) is 4.52. The highest BCUT2D eigenvalue weighted by atomic mass is 32.1. The minimum absolute atomic E-state index is 0.0290. The Morgan fingerprint density at radius 3 is 2.29 bits per heavy atom. The highest BCUT2D eigenvalue weighted by molar-refractivity contribution is 7.12. The summed E-state index contributed by atoms with van der Waals surface area (Å²) in [7, 11) is 0. The van der Waals surface area contributed by atoms with Crippen LogP contribution in [0.4, 0.5) is 0 Å². The van der Waals surface area contributed by atoms with Gasteiger partial charge in [-0.1, -0.05) is 18.2 Å². The van der Waals surface area contributed by atoms with Crippen LogP contribution in [0.1, 0.15) is 48.9 Å². The molecule has 2 rings (SSSR count). The number of ketones is 1. The number of hydrogen-bond acceptors (Lipinski definition) is 4. The SMILES string of the molecule is Cc1cc(C(=O)CCC(=O)NNC(=O)c2ccccc2C)c(C)s1. The van der Waals surface area contributed by atoms with Gasteiger partial charge in [-0.3, -0.25) is 25.2 Å². The zero-order valence-electron chi connectivity index (χ0n) is 13.9. The molecule has 0 radical (unpaired) electrons. The van der Waals surface area contributed by atoms with E-state index in [2.05, 4.69) is 10.9 Å². The molecule has 0 saturated heterocycles. The summed E-state index contributed by atoms with van der Waals surface area (Å²) in [4.78, 5) is 38.0. The Labute approximate surface area is 145 Å². The molecule has 1 aromatic heterocycles. The summed E-state index contributed by atoms with van der Waals surface area (Å²) in [6.45, 7) is 5.66. The average molecular weight is 344 g/mol. The first-order valence-corrected chi connectivity index (χ1v) is 8.45. The fraction of sp³-hybridized carbons (Fsp3) is 0.278. The molecule has 0 atom stereocenters. The Morgan fingerprint density at radius 1 is 0.958 bits per heavy atom. The van der Waals surface area contributed by atoms with Crippen LogP contribution in [0.15, 0.2) is 30.3 Å². The molecule has 2 amide bonds. The number of Topliss-reactive ketones (excluding diaryl/α,β-unsaturated/α-hetero) is 1. The molecule has 5 nitrogen and oxygen atoms in total. The van der Waals surface area contributed by atoms with Crippen molar-refractivity contribution in [2.45, 2.75) is 33.6 Å². The van der Waals surface area contributed by atoms with E-state index in [1.165, 1.54) is 0 Å². The van der Waals surface area contributed by atoms with Crippen LogP contribution >= 0.6 is 11.3 Å². The number of hydrazine groups is 1. The molecule has 0 unspecified atom stereocenters. The molecule has 0 aliphatic rings.